The van der Waals surface area contributed by atoms with Crippen molar-refractivity contribution in [2.45, 2.75) is 33.6 Å². The van der Waals surface area contributed by atoms with E-state index in [1.54, 1.807) is 31.2 Å². The summed E-state index contributed by atoms with van der Waals surface area (Å²) in [6, 6.07) is 7.01. The third kappa shape index (κ3) is 2.91. The molecule has 2 aromatic rings. The van der Waals surface area contributed by atoms with E-state index in [9.17, 15) is 10.0 Å². The Morgan fingerprint density at radius 2 is 2.04 bits per heavy atom. The molecule has 0 unspecified atom stereocenters. The molecule has 1 amide bonds. The Hall–Kier alpha value is -2.27. The molecule has 0 aliphatic heterocycles. The first-order valence-electron chi connectivity index (χ1n) is 7.72. The van der Waals surface area contributed by atoms with Crippen LogP contribution in [0.1, 0.15) is 47.7 Å². The summed E-state index contributed by atoms with van der Waals surface area (Å²) in [6.45, 7) is 5.94. The molecule has 5 nitrogen and oxygen atoms in total. The molecule has 1 aromatic heterocycles. The third-order valence-corrected chi connectivity index (χ3v) is 4.57. The quantitative estimate of drug-likeness (QED) is 0.614. The van der Waals surface area contributed by atoms with E-state index >= 15 is 0 Å². The number of carbonyl (C=O) groups is 1. The van der Waals surface area contributed by atoms with Gasteiger partial charge in [0.05, 0.1) is 16.4 Å². The van der Waals surface area contributed by atoms with E-state index in [0.29, 0.717) is 40.6 Å². The lowest BCUT2D eigenvalue weighted by atomic mass is 9.75. The number of furan rings is 1. The second-order valence-electron chi connectivity index (χ2n) is 6.85. The molecule has 24 heavy (non-hydrogen) atoms. The van der Waals surface area contributed by atoms with E-state index in [1.807, 2.05) is 0 Å². The lowest BCUT2D eigenvalue weighted by molar-refractivity contribution is 0.0993. The summed E-state index contributed by atoms with van der Waals surface area (Å²) in [6.07, 6.45) is 1.31. The SMILES string of the molecule is Cc1c(C(=O)Nc2ccccc2Cl)oc2c1C(=NO)CC(C)(C)C2. The summed E-state index contributed by atoms with van der Waals surface area (Å²) < 4.78 is 5.83. The van der Waals surface area contributed by atoms with Crippen LogP contribution in [0, 0.1) is 12.3 Å². The van der Waals surface area contributed by atoms with Gasteiger partial charge in [0, 0.05) is 17.5 Å². The van der Waals surface area contributed by atoms with Crippen molar-refractivity contribution in [3.8, 4) is 0 Å². The maximum Gasteiger partial charge on any atom is 0.291 e. The first-order chi connectivity index (χ1) is 11.3. The monoisotopic (exact) mass is 346 g/mol. The van der Waals surface area contributed by atoms with Gasteiger partial charge < -0.3 is 14.9 Å². The number of amides is 1. The molecule has 0 bridgehead atoms. The van der Waals surface area contributed by atoms with Gasteiger partial charge in [0.1, 0.15) is 5.76 Å². The van der Waals surface area contributed by atoms with Crippen LogP contribution in [0.15, 0.2) is 33.8 Å². The number of hydrogen-bond acceptors (Lipinski definition) is 4. The fourth-order valence-corrected chi connectivity index (χ4v) is 3.34. The maximum absolute atomic E-state index is 12.6. The van der Waals surface area contributed by atoms with Crippen molar-refractivity contribution in [3.63, 3.8) is 0 Å². The summed E-state index contributed by atoms with van der Waals surface area (Å²) in [7, 11) is 0. The van der Waals surface area contributed by atoms with E-state index in [1.165, 1.54) is 0 Å². The Bertz CT molecular complexity index is 837. The lowest BCUT2D eigenvalue weighted by Gasteiger charge is -2.28. The van der Waals surface area contributed by atoms with E-state index in [-0.39, 0.29) is 17.1 Å². The topological polar surface area (TPSA) is 74.8 Å². The number of para-hydroxylation sites is 1. The Kier molecular flexibility index (Phi) is 4.13. The van der Waals surface area contributed by atoms with Gasteiger partial charge in [0.25, 0.3) is 5.91 Å². The Morgan fingerprint density at radius 1 is 1.33 bits per heavy atom. The van der Waals surface area contributed by atoms with Crippen LogP contribution in [0.25, 0.3) is 0 Å². The van der Waals surface area contributed by atoms with Gasteiger partial charge in [-0.05, 0) is 30.9 Å². The number of oxime groups is 1. The highest BCUT2D eigenvalue weighted by Gasteiger charge is 2.36. The van der Waals surface area contributed by atoms with Crippen molar-refractivity contribution in [1.29, 1.82) is 0 Å². The Labute approximate surface area is 145 Å². The average Bonchev–Trinajstić information content (AvgIpc) is 2.84. The number of benzene rings is 1. The maximum atomic E-state index is 12.6. The minimum atomic E-state index is -0.370. The molecule has 0 saturated carbocycles. The molecule has 1 heterocycles. The highest BCUT2D eigenvalue weighted by Crippen LogP contribution is 2.39. The normalized spacial score (nSPS) is 17.6. The smallest absolute Gasteiger partial charge is 0.291 e. The summed E-state index contributed by atoms with van der Waals surface area (Å²) in [4.78, 5) is 12.6. The molecule has 1 aliphatic rings. The molecular weight excluding hydrogens is 328 g/mol. The number of fused-ring (bicyclic) bond motifs is 1. The molecule has 2 N–H and O–H groups in total. The van der Waals surface area contributed by atoms with Crippen molar-refractivity contribution in [2.24, 2.45) is 10.6 Å². The highest BCUT2D eigenvalue weighted by atomic mass is 35.5. The van der Waals surface area contributed by atoms with Gasteiger partial charge in [-0.1, -0.05) is 42.7 Å². The van der Waals surface area contributed by atoms with Crippen molar-refractivity contribution < 1.29 is 14.4 Å². The number of nitrogens with zero attached hydrogens (tertiary/aromatic N) is 1. The molecule has 1 aromatic carbocycles. The van der Waals surface area contributed by atoms with Gasteiger partial charge in [-0.15, -0.1) is 0 Å². The van der Waals surface area contributed by atoms with E-state index in [0.717, 1.165) is 5.56 Å². The van der Waals surface area contributed by atoms with Crippen LogP contribution in [0.2, 0.25) is 5.02 Å². The second-order valence-corrected chi connectivity index (χ2v) is 7.26. The van der Waals surface area contributed by atoms with Crippen LogP contribution in [0.4, 0.5) is 5.69 Å². The van der Waals surface area contributed by atoms with Crippen LogP contribution in [0.5, 0.6) is 0 Å². The van der Waals surface area contributed by atoms with Gasteiger partial charge in [-0.3, -0.25) is 4.79 Å². The van der Waals surface area contributed by atoms with Crippen molar-refractivity contribution >= 4 is 28.9 Å². The predicted molar refractivity (Wildman–Crippen MR) is 93.3 cm³/mol. The number of anilines is 1. The molecule has 3 rings (SSSR count). The predicted octanol–water partition coefficient (Wildman–Crippen LogP) is 4.64. The number of rotatable bonds is 2. The minimum absolute atomic E-state index is 0.0880. The van der Waals surface area contributed by atoms with Crippen LogP contribution in [-0.2, 0) is 6.42 Å². The average molecular weight is 347 g/mol. The first-order valence-corrected chi connectivity index (χ1v) is 8.09. The highest BCUT2D eigenvalue weighted by molar-refractivity contribution is 6.33. The lowest BCUT2D eigenvalue weighted by Crippen LogP contribution is -2.27. The zero-order valence-corrected chi connectivity index (χ0v) is 14.6. The zero-order chi connectivity index (χ0) is 17.5. The van der Waals surface area contributed by atoms with Gasteiger partial charge >= 0.3 is 0 Å². The van der Waals surface area contributed by atoms with Gasteiger partial charge in [0.2, 0.25) is 0 Å². The summed E-state index contributed by atoms with van der Waals surface area (Å²) >= 11 is 6.08. The van der Waals surface area contributed by atoms with Gasteiger partial charge in [-0.25, -0.2) is 0 Å². The summed E-state index contributed by atoms with van der Waals surface area (Å²) in [5, 5.41) is 16.0. The number of halogens is 1. The second kappa shape index (κ2) is 5.98. The fraction of sp³-hybridized carbons (Fsp3) is 0.333. The van der Waals surface area contributed by atoms with Crippen LogP contribution in [-0.4, -0.2) is 16.8 Å². The summed E-state index contributed by atoms with van der Waals surface area (Å²) in [5.41, 5.74) is 2.41. The first kappa shape index (κ1) is 16.6. The molecule has 1 aliphatic carbocycles. The fourth-order valence-electron chi connectivity index (χ4n) is 3.16. The summed E-state index contributed by atoms with van der Waals surface area (Å²) in [5.74, 6) is 0.532. The van der Waals surface area contributed by atoms with Crippen LogP contribution >= 0.6 is 11.6 Å². The number of carbonyl (C=O) groups excluding carboxylic acids is 1. The molecule has 0 atom stereocenters. The number of nitrogens with one attached hydrogen (secondary N) is 1. The van der Waals surface area contributed by atoms with E-state index < -0.39 is 0 Å². The van der Waals surface area contributed by atoms with E-state index in [4.69, 9.17) is 16.0 Å². The van der Waals surface area contributed by atoms with E-state index in [2.05, 4.69) is 24.3 Å². The molecule has 6 heteroatoms. The van der Waals surface area contributed by atoms with Crippen molar-refractivity contribution in [3.05, 3.63) is 51.9 Å². The van der Waals surface area contributed by atoms with Crippen LogP contribution < -0.4 is 5.32 Å². The molecular formula is C18H19ClN2O3. The largest absolute Gasteiger partial charge is 0.455 e. The standard InChI is InChI=1S/C18H19ClN2O3/c1-10-15-13(21-23)8-18(2,3)9-14(15)24-16(10)17(22)20-12-7-5-4-6-11(12)19/h4-7,23H,8-9H2,1-3H3,(H,20,22). The number of hydrogen-bond donors (Lipinski definition) is 2. The molecule has 0 saturated heterocycles. The van der Waals surface area contributed by atoms with Gasteiger partial charge in [0.15, 0.2) is 5.76 Å². The molecule has 126 valence electrons. The minimum Gasteiger partial charge on any atom is -0.455 e. The van der Waals surface area contributed by atoms with Crippen molar-refractivity contribution in [2.75, 3.05) is 5.32 Å². The van der Waals surface area contributed by atoms with Crippen LogP contribution in [0.3, 0.4) is 0 Å². The molecule has 0 radical (unpaired) electrons. The molecule has 0 fully saturated rings. The molecule has 0 spiro atoms. The Morgan fingerprint density at radius 3 is 2.71 bits per heavy atom. The third-order valence-electron chi connectivity index (χ3n) is 4.24. The van der Waals surface area contributed by atoms with Crippen molar-refractivity contribution in [1.82, 2.24) is 0 Å². The Balaban J connectivity index is 1.98. The zero-order valence-electron chi connectivity index (χ0n) is 13.8. The van der Waals surface area contributed by atoms with Gasteiger partial charge in [-0.2, -0.15) is 0 Å².